The van der Waals surface area contributed by atoms with E-state index in [9.17, 15) is 4.79 Å². The van der Waals surface area contributed by atoms with Crippen LogP contribution in [0.2, 0.25) is 5.02 Å². The molecule has 0 radical (unpaired) electrons. The summed E-state index contributed by atoms with van der Waals surface area (Å²) in [5, 5.41) is 17.7. The summed E-state index contributed by atoms with van der Waals surface area (Å²) in [4.78, 5) is 10.4. The summed E-state index contributed by atoms with van der Waals surface area (Å²) < 4.78 is 0. The van der Waals surface area contributed by atoms with Gasteiger partial charge < -0.3 is 6.53 Å². The third kappa shape index (κ3) is 4.93. The molecule has 1 N–H and O–H groups in total. The van der Waals surface area contributed by atoms with Gasteiger partial charge in [-0.15, -0.1) is 0 Å². The molecule has 0 saturated heterocycles. The third-order valence-corrected chi connectivity index (χ3v) is 1.80. The van der Waals surface area contributed by atoms with Gasteiger partial charge in [-0.05, 0) is 17.7 Å². The Hall–Kier alpha value is -0.154. The van der Waals surface area contributed by atoms with Gasteiger partial charge in [0, 0.05) is 11.1 Å². The van der Waals surface area contributed by atoms with Gasteiger partial charge in [0.05, 0.1) is 5.57 Å². The topological polar surface area (TPSA) is 61.1 Å². The van der Waals surface area contributed by atoms with E-state index in [0.29, 0.717) is 10.6 Å². The Morgan fingerprint density at radius 3 is 2.40 bits per heavy atom. The number of benzene rings is 1. The van der Waals surface area contributed by atoms with Crippen molar-refractivity contribution in [2.75, 3.05) is 0 Å². The first-order valence-electron chi connectivity index (χ1n) is 3.74. The number of carboxylic acid groups (broad SMARTS) is 1. The second-order valence-electron chi connectivity index (χ2n) is 2.51. The zero-order valence-corrected chi connectivity index (χ0v) is 11.9. The second kappa shape index (κ2) is 7.17. The molecule has 0 heterocycles. The number of nitrogens with zero attached hydrogens (tertiary/aromatic N) is 1. The first-order valence-corrected chi connectivity index (χ1v) is 4.12. The Morgan fingerprint density at radius 1 is 1.47 bits per heavy atom. The van der Waals surface area contributed by atoms with E-state index in [1.54, 1.807) is 30.3 Å². The quantitative estimate of drug-likeness (QED) is 0.433. The van der Waals surface area contributed by atoms with E-state index in [2.05, 4.69) is 0 Å². The van der Waals surface area contributed by atoms with Gasteiger partial charge in [-0.2, -0.15) is 5.26 Å². The fourth-order valence-corrected chi connectivity index (χ4v) is 1.06. The van der Waals surface area contributed by atoms with E-state index < -0.39 is 5.97 Å². The van der Waals surface area contributed by atoms with Gasteiger partial charge in [0.25, 0.3) is 0 Å². The Bertz CT molecular complexity index is 425. The first kappa shape index (κ1) is 14.8. The van der Waals surface area contributed by atoms with E-state index in [1.165, 1.54) is 0 Å². The predicted molar refractivity (Wildman–Crippen MR) is 53.8 cm³/mol. The average molecular weight is 248 g/mol. The van der Waals surface area contributed by atoms with Gasteiger partial charge in [0.1, 0.15) is 6.07 Å². The predicted octanol–water partition coefficient (Wildman–Crippen LogP) is -0.552. The van der Waals surface area contributed by atoms with Crippen molar-refractivity contribution in [2.45, 2.75) is 0 Å². The molecule has 0 spiro atoms. The van der Waals surface area contributed by atoms with Crippen molar-refractivity contribution in [3.05, 3.63) is 40.9 Å². The molecule has 0 saturated carbocycles. The number of allylic oxidation sites excluding steroid dienone is 1. The molecule has 1 aromatic carbocycles. The van der Waals surface area contributed by atoms with Crippen LogP contribution in [0.25, 0.3) is 5.57 Å². The molecular weight excluding hydrogens is 241 g/mol. The molecule has 0 unspecified atom stereocenters. The zero-order chi connectivity index (χ0) is 10.6. The van der Waals surface area contributed by atoms with Crippen molar-refractivity contribution in [1.82, 2.24) is 0 Å². The maximum Gasteiger partial charge on any atom is 1.00 e. The third-order valence-electron chi connectivity index (χ3n) is 1.54. The molecule has 15 heavy (non-hydrogen) atoms. The fraction of sp³-hybridized carbons (Fsp3) is 0. The molecule has 0 bridgehead atoms. The second-order valence-corrected chi connectivity index (χ2v) is 2.95. The standard InChI is InChI=1S/C10H6ClNO2.K.H/c11-9-3-1-7(2-4-9)8(6-12)5-10(13)14;;/h1-5H,(H,13,14);;/q;+1;-1/b8-5+;;. The SMILES string of the molecule is N#C/C(=C\C(=O)O)c1ccc(Cl)cc1.[H-].[K+]. The van der Waals surface area contributed by atoms with Crippen LogP contribution in [0.3, 0.4) is 0 Å². The Morgan fingerprint density at radius 2 is 2.00 bits per heavy atom. The van der Waals surface area contributed by atoms with Gasteiger partial charge in [-0.1, -0.05) is 23.7 Å². The summed E-state index contributed by atoms with van der Waals surface area (Å²) in [5.74, 6) is -1.14. The first-order chi connectivity index (χ1) is 6.63. The maximum absolute atomic E-state index is 10.4. The van der Waals surface area contributed by atoms with Crippen molar-refractivity contribution >= 4 is 23.1 Å². The number of hydrogen-bond acceptors (Lipinski definition) is 2. The summed E-state index contributed by atoms with van der Waals surface area (Å²) in [6, 6.07) is 8.20. The summed E-state index contributed by atoms with van der Waals surface area (Å²) in [5.41, 5.74) is 0.647. The van der Waals surface area contributed by atoms with Gasteiger partial charge in [-0.25, -0.2) is 4.79 Å². The summed E-state index contributed by atoms with van der Waals surface area (Å²) in [7, 11) is 0. The molecule has 5 heteroatoms. The van der Waals surface area contributed by atoms with E-state index in [0.717, 1.165) is 6.08 Å². The fourth-order valence-electron chi connectivity index (χ4n) is 0.933. The molecule has 0 aliphatic rings. The minimum Gasteiger partial charge on any atom is -1.00 e. The Labute approximate surface area is 136 Å². The van der Waals surface area contributed by atoms with Gasteiger partial charge in [-0.3, -0.25) is 0 Å². The van der Waals surface area contributed by atoms with Gasteiger partial charge in [0.2, 0.25) is 0 Å². The number of aliphatic carboxylic acids is 1. The van der Waals surface area contributed by atoms with Crippen LogP contribution >= 0.6 is 11.6 Å². The molecule has 0 aliphatic heterocycles. The van der Waals surface area contributed by atoms with Crippen molar-refractivity contribution in [3.63, 3.8) is 0 Å². The molecule has 3 nitrogen and oxygen atoms in total. The summed E-state index contributed by atoms with van der Waals surface area (Å²) in [6.07, 6.45) is 0.864. The molecule has 0 amide bonds. The normalized spacial score (nSPS) is 10.0. The molecule has 0 aromatic heterocycles. The van der Waals surface area contributed by atoms with Crippen LogP contribution in [-0.2, 0) is 4.79 Å². The Balaban J connectivity index is 0. The largest absolute Gasteiger partial charge is 1.00 e. The minimum absolute atomic E-state index is 0. The molecular formula is C10H7ClKNO2. The number of carboxylic acids is 1. The molecule has 0 fully saturated rings. The van der Waals surface area contributed by atoms with Crippen molar-refractivity contribution in [3.8, 4) is 6.07 Å². The smallest absolute Gasteiger partial charge is 1.00 e. The average Bonchev–Trinajstić information content (AvgIpc) is 2.15. The zero-order valence-electron chi connectivity index (χ0n) is 9.07. The molecule has 72 valence electrons. The van der Waals surface area contributed by atoms with E-state index in [1.807, 2.05) is 0 Å². The Kier molecular flexibility index (Phi) is 7.10. The molecule has 0 aliphatic carbocycles. The van der Waals surface area contributed by atoms with E-state index in [4.69, 9.17) is 22.0 Å². The van der Waals surface area contributed by atoms with E-state index >= 15 is 0 Å². The van der Waals surface area contributed by atoms with E-state index in [-0.39, 0.29) is 58.4 Å². The van der Waals surface area contributed by atoms with Crippen molar-refractivity contribution < 1.29 is 62.7 Å². The van der Waals surface area contributed by atoms with Crippen molar-refractivity contribution in [1.29, 1.82) is 5.26 Å². The number of carbonyl (C=O) groups is 1. The van der Waals surface area contributed by atoms with Crippen LogP contribution in [0.1, 0.15) is 6.99 Å². The summed E-state index contributed by atoms with van der Waals surface area (Å²) >= 11 is 5.65. The van der Waals surface area contributed by atoms with Crippen LogP contribution in [0, 0.1) is 11.3 Å². The number of nitriles is 1. The van der Waals surface area contributed by atoms with Crippen LogP contribution in [0.15, 0.2) is 30.3 Å². The summed E-state index contributed by atoms with van der Waals surface area (Å²) in [6.45, 7) is 0. The number of rotatable bonds is 2. The van der Waals surface area contributed by atoms with Crippen LogP contribution in [0.5, 0.6) is 0 Å². The maximum atomic E-state index is 10.4. The minimum atomic E-state index is -1.14. The van der Waals surface area contributed by atoms with Gasteiger partial charge in [0.15, 0.2) is 0 Å². The molecule has 1 aromatic rings. The van der Waals surface area contributed by atoms with Crippen molar-refractivity contribution in [2.24, 2.45) is 0 Å². The van der Waals surface area contributed by atoms with Gasteiger partial charge >= 0.3 is 57.4 Å². The van der Waals surface area contributed by atoms with Crippen LogP contribution in [-0.4, -0.2) is 11.1 Å². The molecule has 1 rings (SSSR count). The number of halogens is 1. The molecule has 0 atom stereocenters. The van der Waals surface area contributed by atoms with Crippen LogP contribution in [0.4, 0.5) is 0 Å². The monoisotopic (exact) mass is 247 g/mol. The number of hydrogen-bond donors (Lipinski definition) is 1. The van der Waals surface area contributed by atoms with Crippen LogP contribution < -0.4 is 51.4 Å².